The molecule has 0 aliphatic carbocycles. The highest BCUT2D eigenvalue weighted by molar-refractivity contribution is 6.31. The van der Waals surface area contributed by atoms with E-state index in [9.17, 15) is 0 Å². The Bertz CT molecular complexity index is 453. The quantitative estimate of drug-likeness (QED) is 0.874. The number of hydrogen-bond acceptors (Lipinski definition) is 3. The van der Waals surface area contributed by atoms with Crippen molar-refractivity contribution in [3.63, 3.8) is 0 Å². The van der Waals surface area contributed by atoms with Crippen molar-refractivity contribution in [3.8, 4) is 0 Å². The molecule has 1 N–H and O–H groups in total. The molecule has 1 unspecified atom stereocenters. The Balaban J connectivity index is 2.20. The van der Waals surface area contributed by atoms with Crippen LogP contribution in [0.4, 0.5) is 0 Å². The lowest BCUT2D eigenvalue weighted by Crippen LogP contribution is -2.55. The molecule has 1 heterocycles. The second kappa shape index (κ2) is 7.59. The minimum absolute atomic E-state index is 0.157. The van der Waals surface area contributed by atoms with Gasteiger partial charge in [-0.15, -0.1) is 0 Å². The van der Waals surface area contributed by atoms with Crippen LogP contribution in [-0.4, -0.2) is 38.5 Å². The summed E-state index contributed by atoms with van der Waals surface area (Å²) >= 11 is 6.40. The van der Waals surface area contributed by atoms with Gasteiger partial charge in [0.15, 0.2) is 0 Å². The van der Waals surface area contributed by atoms with Crippen LogP contribution >= 0.6 is 11.6 Å². The highest BCUT2D eigenvalue weighted by Crippen LogP contribution is 2.32. The SMILES string of the molecule is CCOC1(C(Cc2ccc(C)cc2Cl)NC)CCOCC1. The Morgan fingerprint density at radius 1 is 1.38 bits per heavy atom. The molecule has 0 spiro atoms. The Morgan fingerprint density at radius 2 is 2.10 bits per heavy atom. The van der Waals surface area contributed by atoms with Gasteiger partial charge in [0.2, 0.25) is 0 Å². The Morgan fingerprint density at radius 3 is 2.67 bits per heavy atom. The summed E-state index contributed by atoms with van der Waals surface area (Å²) < 4.78 is 11.7. The summed E-state index contributed by atoms with van der Waals surface area (Å²) in [6, 6.07) is 6.51. The van der Waals surface area contributed by atoms with Gasteiger partial charge in [-0.3, -0.25) is 0 Å². The summed E-state index contributed by atoms with van der Waals surface area (Å²) in [5, 5.41) is 4.29. The van der Waals surface area contributed by atoms with Gasteiger partial charge in [0, 0.05) is 43.7 Å². The summed E-state index contributed by atoms with van der Waals surface area (Å²) in [6.45, 7) is 6.37. The van der Waals surface area contributed by atoms with E-state index in [0.717, 1.165) is 44.1 Å². The minimum Gasteiger partial charge on any atom is -0.381 e. The predicted octanol–water partition coefficient (Wildman–Crippen LogP) is 3.36. The maximum atomic E-state index is 6.40. The molecule has 0 aromatic heterocycles. The second-order valence-corrected chi connectivity index (χ2v) is 6.16. The first kappa shape index (κ1) is 16.8. The Hall–Kier alpha value is -0.610. The molecule has 2 rings (SSSR count). The van der Waals surface area contributed by atoms with Crippen molar-refractivity contribution in [2.24, 2.45) is 0 Å². The fourth-order valence-electron chi connectivity index (χ4n) is 3.19. The third kappa shape index (κ3) is 3.98. The molecule has 4 heteroatoms. The van der Waals surface area contributed by atoms with Crippen LogP contribution in [0.5, 0.6) is 0 Å². The first-order chi connectivity index (χ1) is 10.1. The van der Waals surface area contributed by atoms with Gasteiger partial charge in [0.25, 0.3) is 0 Å². The van der Waals surface area contributed by atoms with E-state index in [1.54, 1.807) is 0 Å². The molecule has 3 nitrogen and oxygen atoms in total. The third-order valence-corrected chi connectivity index (χ3v) is 4.74. The molecule has 0 saturated carbocycles. The van der Waals surface area contributed by atoms with Crippen LogP contribution in [0.2, 0.25) is 5.02 Å². The zero-order valence-electron chi connectivity index (χ0n) is 13.2. The van der Waals surface area contributed by atoms with Crippen LogP contribution in [0.3, 0.4) is 0 Å². The minimum atomic E-state index is -0.157. The molecule has 0 bridgehead atoms. The van der Waals surface area contributed by atoms with Gasteiger partial charge in [-0.2, -0.15) is 0 Å². The third-order valence-electron chi connectivity index (χ3n) is 4.39. The molecule has 1 aromatic carbocycles. The zero-order valence-corrected chi connectivity index (χ0v) is 14.0. The van der Waals surface area contributed by atoms with E-state index in [0.29, 0.717) is 0 Å². The van der Waals surface area contributed by atoms with Crippen LogP contribution in [-0.2, 0) is 15.9 Å². The molecular formula is C17H26ClNO2. The van der Waals surface area contributed by atoms with E-state index in [4.69, 9.17) is 21.1 Å². The molecule has 0 amide bonds. The van der Waals surface area contributed by atoms with Crippen molar-refractivity contribution in [1.29, 1.82) is 0 Å². The van der Waals surface area contributed by atoms with E-state index in [-0.39, 0.29) is 11.6 Å². The average Bonchev–Trinajstić information content (AvgIpc) is 2.47. The highest BCUT2D eigenvalue weighted by atomic mass is 35.5. The summed E-state index contributed by atoms with van der Waals surface area (Å²) in [6.07, 6.45) is 2.72. The first-order valence-electron chi connectivity index (χ1n) is 7.75. The normalized spacial score (nSPS) is 19.4. The molecule has 1 fully saturated rings. The average molecular weight is 312 g/mol. The standard InChI is InChI=1S/C17H26ClNO2/c1-4-21-17(7-9-20-10-8-17)16(19-3)12-14-6-5-13(2)11-15(14)18/h5-6,11,16,19H,4,7-10,12H2,1-3H3. The number of nitrogens with one attached hydrogen (secondary N) is 1. The van der Waals surface area contributed by atoms with Crippen molar-refractivity contribution in [2.75, 3.05) is 26.9 Å². The molecule has 1 aliphatic heterocycles. The smallest absolute Gasteiger partial charge is 0.0881 e. The fourth-order valence-corrected chi connectivity index (χ4v) is 3.50. The van der Waals surface area contributed by atoms with Crippen LogP contribution < -0.4 is 5.32 Å². The van der Waals surface area contributed by atoms with Gasteiger partial charge in [0.05, 0.1) is 5.60 Å². The van der Waals surface area contributed by atoms with Gasteiger partial charge in [-0.05, 0) is 44.5 Å². The Labute approximate surface area is 133 Å². The molecule has 21 heavy (non-hydrogen) atoms. The van der Waals surface area contributed by atoms with E-state index >= 15 is 0 Å². The monoisotopic (exact) mass is 311 g/mol. The van der Waals surface area contributed by atoms with Crippen molar-refractivity contribution < 1.29 is 9.47 Å². The number of aryl methyl sites for hydroxylation is 1. The number of likely N-dealkylation sites (N-methyl/N-ethyl adjacent to an activating group) is 1. The lowest BCUT2D eigenvalue weighted by molar-refractivity contribution is -0.125. The lowest BCUT2D eigenvalue weighted by Gasteiger charge is -2.43. The first-order valence-corrected chi connectivity index (χ1v) is 8.13. The van der Waals surface area contributed by atoms with Crippen molar-refractivity contribution in [3.05, 3.63) is 34.3 Å². The van der Waals surface area contributed by atoms with Crippen molar-refractivity contribution >= 4 is 11.6 Å². The van der Waals surface area contributed by atoms with E-state index in [1.165, 1.54) is 11.1 Å². The van der Waals surface area contributed by atoms with E-state index in [2.05, 4.69) is 31.3 Å². The molecule has 1 aromatic rings. The predicted molar refractivity (Wildman–Crippen MR) is 87.2 cm³/mol. The molecule has 118 valence electrons. The summed E-state index contributed by atoms with van der Waals surface area (Å²) in [4.78, 5) is 0. The van der Waals surface area contributed by atoms with Gasteiger partial charge in [-0.25, -0.2) is 0 Å². The van der Waals surface area contributed by atoms with Crippen LogP contribution in [0.15, 0.2) is 18.2 Å². The number of halogens is 1. The van der Waals surface area contributed by atoms with E-state index in [1.807, 2.05) is 13.1 Å². The maximum absolute atomic E-state index is 6.40. The van der Waals surface area contributed by atoms with Gasteiger partial charge < -0.3 is 14.8 Å². The summed E-state index contributed by atoms with van der Waals surface area (Å²) in [5.41, 5.74) is 2.21. The van der Waals surface area contributed by atoms with Crippen LogP contribution in [0.25, 0.3) is 0 Å². The zero-order chi connectivity index (χ0) is 15.3. The molecular weight excluding hydrogens is 286 g/mol. The van der Waals surface area contributed by atoms with Crippen LogP contribution in [0, 0.1) is 6.92 Å². The number of ether oxygens (including phenoxy) is 2. The highest BCUT2D eigenvalue weighted by Gasteiger charge is 2.40. The van der Waals surface area contributed by atoms with Crippen molar-refractivity contribution in [1.82, 2.24) is 5.32 Å². The van der Waals surface area contributed by atoms with Crippen LogP contribution in [0.1, 0.15) is 30.9 Å². The topological polar surface area (TPSA) is 30.5 Å². The lowest BCUT2D eigenvalue weighted by atomic mass is 9.82. The summed E-state index contributed by atoms with van der Waals surface area (Å²) in [5.74, 6) is 0. The molecule has 1 atom stereocenters. The summed E-state index contributed by atoms with van der Waals surface area (Å²) in [7, 11) is 2.00. The molecule has 1 aliphatic rings. The maximum Gasteiger partial charge on any atom is 0.0881 e. The van der Waals surface area contributed by atoms with Crippen molar-refractivity contribution in [2.45, 2.75) is 44.8 Å². The number of hydrogen-bond donors (Lipinski definition) is 1. The van der Waals surface area contributed by atoms with Gasteiger partial charge in [0.1, 0.15) is 0 Å². The molecule has 1 saturated heterocycles. The molecule has 0 radical (unpaired) electrons. The Kier molecular flexibility index (Phi) is 6.06. The van der Waals surface area contributed by atoms with E-state index < -0.39 is 0 Å². The van der Waals surface area contributed by atoms with Gasteiger partial charge in [-0.1, -0.05) is 23.7 Å². The fraction of sp³-hybridized carbons (Fsp3) is 0.647. The largest absolute Gasteiger partial charge is 0.381 e. The number of benzene rings is 1. The second-order valence-electron chi connectivity index (χ2n) is 5.75. The van der Waals surface area contributed by atoms with Gasteiger partial charge >= 0.3 is 0 Å². The number of rotatable bonds is 6.